The van der Waals surface area contributed by atoms with E-state index in [0.29, 0.717) is 16.5 Å². The van der Waals surface area contributed by atoms with Crippen molar-refractivity contribution in [2.75, 3.05) is 19.5 Å². The van der Waals surface area contributed by atoms with Crippen LogP contribution in [-0.2, 0) is 22.1 Å². The second kappa shape index (κ2) is 9.89. The van der Waals surface area contributed by atoms with Crippen LogP contribution in [0, 0.1) is 0 Å². The highest BCUT2D eigenvalue weighted by atomic mass is 35.5. The van der Waals surface area contributed by atoms with Gasteiger partial charge < -0.3 is 9.47 Å². The molecule has 0 aliphatic heterocycles. The summed E-state index contributed by atoms with van der Waals surface area (Å²) in [6.45, 7) is 4.09. The second-order valence-corrected chi connectivity index (χ2v) is 7.29. The van der Waals surface area contributed by atoms with Gasteiger partial charge in [-0.05, 0) is 47.5 Å². The summed E-state index contributed by atoms with van der Waals surface area (Å²) in [4.78, 5) is 12.1. The van der Waals surface area contributed by atoms with E-state index in [1.165, 1.54) is 31.0 Å². The Morgan fingerprint density at radius 3 is 2.43 bits per heavy atom. The van der Waals surface area contributed by atoms with Gasteiger partial charge in [0.05, 0.1) is 24.1 Å². The van der Waals surface area contributed by atoms with Crippen molar-refractivity contribution in [2.45, 2.75) is 17.5 Å². The van der Waals surface area contributed by atoms with Crippen LogP contribution in [-0.4, -0.2) is 25.4 Å². The van der Waals surface area contributed by atoms with Gasteiger partial charge in [-0.2, -0.15) is 13.2 Å². The van der Waals surface area contributed by atoms with E-state index in [1.54, 1.807) is 12.1 Å². The zero-order chi connectivity index (χ0) is 20.7. The van der Waals surface area contributed by atoms with Crippen LogP contribution in [0.4, 0.5) is 13.2 Å². The average Bonchev–Trinajstić information content (AvgIpc) is 2.65. The summed E-state index contributed by atoms with van der Waals surface area (Å²) in [6, 6.07) is 9.83. The maximum Gasteiger partial charge on any atom is 0.416 e. The Bertz CT molecular complexity index is 836. The molecule has 0 aliphatic rings. The van der Waals surface area contributed by atoms with Crippen molar-refractivity contribution in [1.29, 1.82) is 0 Å². The quantitative estimate of drug-likeness (QED) is 0.301. The predicted molar refractivity (Wildman–Crippen MR) is 104 cm³/mol. The van der Waals surface area contributed by atoms with E-state index in [0.717, 1.165) is 28.2 Å². The Labute approximate surface area is 170 Å². The van der Waals surface area contributed by atoms with Gasteiger partial charge in [-0.25, -0.2) is 0 Å². The zero-order valence-corrected chi connectivity index (χ0v) is 16.6. The van der Waals surface area contributed by atoms with Crippen LogP contribution >= 0.6 is 23.4 Å². The molecular weight excluding hydrogens is 413 g/mol. The lowest BCUT2D eigenvalue weighted by atomic mass is 10.1. The molecular formula is C20H18ClF3O3S. The molecule has 0 atom stereocenters. The first-order chi connectivity index (χ1) is 13.2. The second-order valence-electron chi connectivity index (χ2n) is 5.87. The molecule has 0 radical (unpaired) electrons. The van der Waals surface area contributed by atoms with Crippen molar-refractivity contribution < 1.29 is 27.4 Å². The number of hydrogen-bond donors (Lipinski definition) is 0. The summed E-state index contributed by atoms with van der Waals surface area (Å²) in [5.41, 5.74) is 0.782. The number of methoxy groups -OCH3 is 1. The average molecular weight is 431 g/mol. The van der Waals surface area contributed by atoms with Gasteiger partial charge in [-0.15, -0.1) is 11.8 Å². The van der Waals surface area contributed by atoms with Crippen molar-refractivity contribution in [3.05, 3.63) is 70.8 Å². The van der Waals surface area contributed by atoms with Crippen LogP contribution in [0.25, 0.3) is 0 Å². The van der Waals surface area contributed by atoms with E-state index in [9.17, 15) is 18.0 Å². The van der Waals surface area contributed by atoms with Crippen LogP contribution in [0.1, 0.15) is 11.1 Å². The Morgan fingerprint density at radius 1 is 1.18 bits per heavy atom. The molecule has 0 saturated heterocycles. The molecule has 0 spiro atoms. The molecule has 0 fully saturated rings. The Hall–Kier alpha value is -2.12. The van der Waals surface area contributed by atoms with E-state index in [4.69, 9.17) is 16.3 Å². The summed E-state index contributed by atoms with van der Waals surface area (Å²) in [5, 5.41) is 0.517. The Balaban J connectivity index is 1.83. The third-order valence-electron chi connectivity index (χ3n) is 3.63. The first kappa shape index (κ1) is 22.2. The topological polar surface area (TPSA) is 35.5 Å². The van der Waals surface area contributed by atoms with E-state index < -0.39 is 11.7 Å². The standard InChI is InChI=1S/C20H18ClF3O3S/c1-13(11-27-16-6-4-15(5-7-16)20(22,23)24)12-28-18-8-3-14(9-17(18)21)10-19(25)26-2/h3-9H,1,10-12H2,2H3. The summed E-state index contributed by atoms with van der Waals surface area (Å²) >= 11 is 7.69. The van der Waals surface area contributed by atoms with Gasteiger partial charge in [-0.3, -0.25) is 4.79 Å². The van der Waals surface area contributed by atoms with Crippen molar-refractivity contribution >= 4 is 29.3 Å². The summed E-state index contributed by atoms with van der Waals surface area (Å²) in [6.07, 6.45) is -4.22. The molecule has 0 saturated carbocycles. The molecule has 2 aromatic rings. The number of esters is 1. The zero-order valence-electron chi connectivity index (χ0n) is 15.0. The van der Waals surface area contributed by atoms with E-state index >= 15 is 0 Å². The highest BCUT2D eigenvalue weighted by Crippen LogP contribution is 2.31. The maximum absolute atomic E-state index is 12.5. The number of carbonyl (C=O) groups excluding carboxylic acids is 1. The Kier molecular flexibility index (Phi) is 7.83. The molecule has 0 aliphatic carbocycles. The SMILES string of the molecule is C=C(COc1ccc(C(F)(F)F)cc1)CSc1ccc(CC(=O)OC)cc1Cl. The van der Waals surface area contributed by atoms with Gasteiger partial charge in [0.1, 0.15) is 12.4 Å². The highest BCUT2D eigenvalue weighted by molar-refractivity contribution is 7.99. The molecule has 0 unspecified atom stereocenters. The van der Waals surface area contributed by atoms with Gasteiger partial charge in [0.15, 0.2) is 0 Å². The monoisotopic (exact) mass is 430 g/mol. The van der Waals surface area contributed by atoms with Crippen LogP contribution in [0.15, 0.2) is 59.5 Å². The number of rotatable bonds is 8. The molecule has 0 aromatic heterocycles. The minimum Gasteiger partial charge on any atom is -0.489 e. The van der Waals surface area contributed by atoms with E-state index in [1.807, 2.05) is 6.07 Å². The first-order valence-corrected chi connectivity index (χ1v) is 9.50. The van der Waals surface area contributed by atoms with Crippen LogP contribution < -0.4 is 4.74 Å². The molecule has 3 nitrogen and oxygen atoms in total. The van der Waals surface area contributed by atoms with Gasteiger partial charge in [0, 0.05) is 10.6 Å². The third kappa shape index (κ3) is 6.80. The lowest BCUT2D eigenvalue weighted by Crippen LogP contribution is -2.06. The fourth-order valence-electron chi connectivity index (χ4n) is 2.16. The normalized spacial score (nSPS) is 11.2. The molecule has 28 heavy (non-hydrogen) atoms. The number of halogens is 4. The fraction of sp³-hybridized carbons (Fsp3) is 0.250. The summed E-state index contributed by atoms with van der Waals surface area (Å²) in [5.74, 6) is 0.520. The van der Waals surface area contributed by atoms with Crippen LogP contribution in [0.3, 0.4) is 0 Å². The predicted octanol–water partition coefficient (Wildman–Crippen LogP) is 5.80. The van der Waals surface area contributed by atoms with E-state index in [2.05, 4.69) is 11.3 Å². The smallest absolute Gasteiger partial charge is 0.416 e. The van der Waals surface area contributed by atoms with Gasteiger partial charge in [-0.1, -0.05) is 24.2 Å². The molecule has 0 heterocycles. The number of alkyl halides is 3. The molecule has 150 valence electrons. The van der Waals surface area contributed by atoms with Crippen molar-refractivity contribution in [3.8, 4) is 5.75 Å². The molecule has 2 aromatic carbocycles. The maximum atomic E-state index is 12.5. The van der Waals surface area contributed by atoms with Crippen molar-refractivity contribution in [1.82, 2.24) is 0 Å². The minimum absolute atomic E-state index is 0.148. The largest absolute Gasteiger partial charge is 0.489 e. The van der Waals surface area contributed by atoms with Crippen LogP contribution in [0.2, 0.25) is 5.02 Å². The Morgan fingerprint density at radius 2 is 1.86 bits per heavy atom. The van der Waals surface area contributed by atoms with E-state index in [-0.39, 0.29) is 19.0 Å². The number of thioether (sulfide) groups is 1. The molecule has 0 N–H and O–H groups in total. The van der Waals surface area contributed by atoms with Crippen molar-refractivity contribution in [3.63, 3.8) is 0 Å². The van der Waals surface area contributed by atoms with Crippen molar-refractivity contribution in [2.24, 2.45) is 0 Å². The fourth-order valence-corrected chi connectivity index (χ4v) is 3.33. The van der Waals surface area contributed by atoms with Crippen LogP contribution in [0.5, 0.6) is 5.75 Å². The van der Waals surface area contributed by atoms with Gasteiger partial charge >= 0.3 is 12.1 Å². The first-order valence-electron chi connectivity index (χ1n) is 8.14. The van der Waals surface area contributed by atoms with Gasteiger partial charge in [0.2, 0.25) is 0 Å². The summed E-state index contributed by atoms with van der Waals surface area (Å²) in [7, 11) is 1.33. The lowest BCUT2D eigenvalue weighted by Gasteiger charge is -2.11. The molecule has 0 amide bonds. The highest BCUT2D eigenvalue weighted by Gasteiger charge is 2.30. The molecule has 8 heteroatoms. The summed E-state index contributed by atoms with van der Waals surface area (Å²) < 4.78 is 47.7. The lowest BCUT2D eigenvalue weighted by molar-refractivity contribution is -0.140. The minimum atomic E-state index is -4.37. The third-order valence-corrected chi connectivity index (χ3v) is 5.27. The molecule has 2 rings (SSSR count). The number of carbonyl (C=O) groups is 1. The number of benzene rings is 2. The molecule has 0 bridgehead atoms. The number of hydrogen-bond acceptors (Lipinski definition) is 4. The number of ether oxygens (including phenoxy) is 2. The van der Waals surface area contributed by atoms with Gasteiger partial charge in [0.25, 0.3) is 0 Å².